The van der Waals surface area contributed by atoms with E-state index >= 15 is 0 Å². The van der Waals surface area contributed by atoms with Crippen LogP contribution in [0.3, 0.4) is 0 Å². The van der Waals surface area contributed by atoms with Crippen molar-refractivity contribution in [2.45, 2.75) is 25.3 Å². The molecule has 1 atom stereocenters. The van der Waals surface area contributed by atoms with Gasteiger partial charge in [-0.2, -0.15) is 5.10 Å². The van der Waals surface area contributed by atoms with Crippen LogP contribution in [0.4, 0.5) is 0 Å². The van der Waals surface area contributed by atoms with E-state index in [2.05, 4.69) is 4.90 Å². The molecule has 0 spiro atoms. The second-order valence-corrected chi connectivity index (χ2v) is 8.39. The van der Waals surface area contributed by atoms with Gasteiger partial charge in [-0.15, -0.1) is 0 Å². The third-order valence-corrected chi connectivity index (χ3v) is 6.35. The number of aryl methyl sites for hydroxylation is 1. The van der Waals surface area contributed by atoms with Crippen LogP contribution < -0.4 is 5.73 Å². The maximum Gasteiger partial charge on any atom is 0.257 e. The van der Waals surface area contributed by atoms with E-state index in [1.807, 2.05) is 54.2 Å². The molecule has 4 rings (SSSR count). The number of primary amides is 1. The highest BCUT2D eigenvalue weighted by molar-refractivity contribution is 6.34. The fourth-order valence-electron chi connectivity index (χ4n) is 4.29. The predicted molar refractivity (Wildman–Crippen MR) is 116 cm³/mol. The van der Waals surface area contributed by atoms with Gasteiger partial charge in [-0.3, -0.25) is 14.5 Å². The first kappa shape index (κ1) is 20.6. The molecular formula is C22H26ClN5O2. The van der Waals surface area contributed by atoms with Gasteiger partial charge in [0.25, 0.3) is 5.91 Å². The lowest BCUT2D eigenvalue weighted by atomic mass is 9.96. The summed E-state index contributed by atoms with van der Waals surface area (Å²) in [6.07, 6.45) is 3.97. The molecule has 2 N–H and O–H groups in total. The van der Waals surface area contributed by atoms with E-state index in [4.69, 9.17) is 22.4 Å². The normalized spacial score (nSPS) is 20.4. The second kappa shape index (κ2) is 8.62. The quantitative estimate of drug-likeness (QED) is 0.795. The standard InChI is InChI=1S/C22H26ClN5O2/c1-26-10-4-7-19(26)20-13-18(16-5-2-3-6-17(16)23)25-28(20)21(29)14-27-11-8-15(9-12-27)22(24)30/h2-7,10,15,20H,8-9,11-14H2,1H3,(H2,24,30)/t20-/m1/s1. The number of carbonyl (C=O) groups is 2. The molecule has 0 bridgehead atoms. The summed E-state index contributed by atoms with van der Waals surface area (Å²) < 4.78 is 2.02. The Labute approximate surface area is 181 Å². The molecule has 7 nitrogen and oxygen atoms in total. The van der Waals surface area contributed by atoms with Crippen LogP contribution in [-0.2, 0) is 16.6 Å². The molecule has 0 radical (unpaired) electrons. The molecule has 1 saturated heterocycles. The SMILES string of the molecule is Cn1cccc1[C@H]1CC(c2ccccc2Cl)=NN1C(=O)CN1CCC(C(N)=O)CC1. The number of carbonyl (C=O) groups excluding carboxylic acids is 2. The highest BCUT2D eigenvalue weighted by atomic mass is 35.5. The van der Waals surface area contributed by atoms with Gasteiger partial charge in [0.15, 0.2) is 0 Å². The van der Waals surface area contributed by atoms with Crippen LogP contribution in [0, 0.1) is 5.92 Å². The zero-order valence-electron chi connectivity index (χ0n) is 17.0. The highest BCUT2D eigenvalue weighted by Crippen LogP contribution is 2.34. The monoisotopic (exact) mass is 427 g/mol. The number of benzene rings is 1. The third kappa shape index (κ3) is 4.13. The number of likely N-dealkylation sites (tertiary alicyclic amines) is 1. The Morgan fingerprint density at radius 1 is 1.17 bits per heavy atom. The van der Waals surface area contributed by atoms with E-state index in [0.29, 0.717) is 37.4 Å². The third-order valence-electron chi connectivity index (χ3n) is 6.02. The predicted octanol–water partition coefficient (Wildman–Crippen LogP) is 2.55. The van der Waals surface area contributed by atoms with Gasteiger partial charge in [0.1, 0.15) is 6.04 Å². The van der Waals surface area contributed by atoms with Crippen LogP contribution in [0.15, 0.2) is 47.7 Å². The minimum Gasteiger partial charge on any atom is -0.369 e. The van der Waals surface area contributed by atoms with Gasteiger partial charge in [0, 0.05) is 41.9 Å². The largest absolute Gasteiger partial charge is 0.369 e. The molecule has 2 aromatic rings. The number of nitrogens with two attached hydrogens (primary N) is 1. The van der Waals surface area contributed by atoms with Crippen molar-refractivity contribution in [1.29, 1.82) is 0 Å². The van der Waals surface area contributed by atoms with Crippen LogP contribution >= 0.6 is 11.6 Å². The molecule has 1 aromatic carbocycles. The molecule has 1 fully saturated rings. The Morgan fingerprint density at radius 3 is 2.53 bits per heavy atom. The number of nitrogens with zero attached hydrogens (tertiary/aromatic N) is 4. The van der Waals surface area contributed by atoms with E-state index in [1.54, 1.807) is 5.01 Å². The molecule has 2 aliphatic heterocycles. The van der Waals surface area contributed by atoms with E-state index < -0.39 is 0 Å². The molecular weight excluding hydrogens is 402 g/mol. The number of aromatic nitrogens is 1. The average Bonchev–Trinajstić information content (AvgIpc) is 3.35. The Hall–Kier alpha value is -2.64. The fraction of sp³-hybridized carbons (Fsp3) is 0.409. The molecule has 2 amide bonds. The molecule has 0 saturated carbocycles. The number of hydrazone groups is 1. The van der Waals surface area contributed by atoms with Gasteiger partial charge in [0.2, 0.25) is 5.91 Å². The summed E-state index contributed by atoms with van der Waals surface area (Å²) in [5.74, 6) is -0.400. The Morgan fingerprint density at radius 2 is 1.90 bits per heavy atom. The lowest BCUT2D eigenvalue weighted by molar-refractivity contribution is -0.134. The molecule has 30 heavy (non-hydrogen) atoms. The zero-order chi connectivity index (χ0) is 21.3. The van der Waals surface area contributed by atoms with Crippen molar-refractivity contribution in [3.05, 3.63) is 58.9 Å². The summed E-state index contributed by atoms with van der Waals surface area (Å²) in [6, 6.07) is 11.4. The molecule has 0 unspecified atom stereocenters. The molecule has 3 heterocycles. The van der Waals surface area contributed by atoms with Crippen molar-refractivity contribution in [2.75, 3.05) is 19.6 Å². The van der Waals surface area contributed by atoms with Crippen molar-refractivity contribution in [3.63, 3.8) is 0 Å². The summed E-state index contributed by atoms with van der Waals surface area (Å²) in [5.41, 5.74) is 8.12. The second-order valence-electron chi connectivity index (χ2n) is 7.98. The number of piperidine rings is 1. The van der Waals surface area contributed by atoms with Crippen LogP contribution in [0.1, 0.15) is 36.6 Å². The van der Waals surface area contributed by atoms with Crippen molar-refractivity contribution in [3.8, 4) is 0 Å². The molecule has 0 aliphatic carbocycles. The highest BCUT2D eigenvalue weighted by Gasteiger charge is 2.36. The summed E-state index contributed by atoms with van der Waals surface area (Å²) in [5, 5.41) is 6.94. The first-order chi connectivity index (χ1) is 14.4. The van der Waals surface area contributed by atoms with Crippen molar-refractivity contribution < 1.29 is 9.59 Å². The van der Waals surface area contributed by atoms with Gasteiger partial charge < -0.3 is 10.3 Å². The van der Waals surface area contributed by atoms with E-state index in [0.717, 1.165) is 17.0 Å². The summed E-state index contributed by atoms with van der Waals surface area (Å²) >= 11 is 6.39. The first-order valence-corrected chi connectivity index (χ1v) is 10.6. The van der Waals surface area contributed by atoms with Gasteiger partial charge in [0.05, 0.1) is 12.3 Å². The number of hydrogen-bond acceptors (Lipinski definition) is 4. The summed E-state index contributed by atoms with van der Waals surface area (Å²) in [7, 11) is 1.97. The minimum atomic E-state index is -0.252. The van der Waals surface area contributed by atoms with Gasteiger partial charge in [-0.25, -0.2) is 5.01 Å². The van der Waals surface area contributed by atoms with Crippen LogP contribution in [0.5, 0.6) is 0 Å². The molecule has 8 heteroatoms. The Bertz CT molecular complexity index is 977. The summed E-state index contributed by atoms with van der Waals surface area (Å²) in [6.45, 7) is 1.64. The minimum absolute atomic E-state index is 0.0548. The van der Waals surface area contributed by atoms with Crippen LogP contribution in [-0.4, -0.2) is 51.6 Å². The smallest absolute Gasteiger partial charge is 0.257 e. The fourth-order valence-corrected chi connectivity index (χ4v) is 4.53. The van der Waals surface area contributed by atoms with Crippen LogP contribution in [0.25, 0.3) is 0 Å². The molecule has 2 aliphatic rings. The Kier molecular flexibility index (Phi) is 5.92. The lowest BCUT2D eigenvalue weighted by Gasteiger charge is -2.31. The van der Waals surface area contributed by atoms with E-state index in [-0.39, 0.29) is 30.3 Å². The Balaban J connectivity index is 1.54. The summed E-state index contributed by atoms with van der Waals surface area (Å²) in [4.78, 5) is 26.7. The van der Waals surface area contributed by atoms with Crippen LogP contribution in [0.2, 0.25) is 5.02 Å². The van der Waals surface area contributed by atoms with Gasteiger partial charge in [-0.1, -0.05) is 29.8 Å². The lowest BCUT2D eigenvalue weighted by Crippen LogP contribution is -2.44. The number of rotatable bonds is 5. The van der Waals surface area contributed by atoms with E-state index in [9.17, 15) is 9.59 Å². The van der Waals surface area contributed by atoms with Crippen molar-refractivity contribution >= 4 is 29.1 Å². The van der Waals surface area contributed by atoms with Crippen molar-refractivity contribution in [2.24, 2.45) is 23.8 Å². The maximum absolute atomic E-state index is 13.3. The first-order valence-electron chi connectivity index (χ1n) is 10.2. The number of halogens is 1. The molecule has 1 aromatic heterocycles. The number of amides is 2. The van der Waals surface area contributed by atoms with Gasteiger partial charge in [-0.05, 0) is 44.1 Å². The molecule has 158 valence electrons. The van der Waals surface area contributed by atoms with Gasteiger partial charge >= 0.3 is 0 Å². The average molecular weight is 428 g/mol. The number of hydrogen-bond donors (Lipinski definition) is 1. The van der Waals surface area contributed by atoms with E-state index in [1.165, 1.54) is 0 Å². The zero-order valence-corrected chi connectivity index (χ0v) is 17.8. The van der Waals surface area contributed by atoms with Crippen molar-refractivity contribution in [1.82, 2.24) is 14.5 Å². The maximum atomic E-state index is 13.3. The topological polar surface area (TPSA) is 83.9 Å².